The molecule has 0 saturated carbocycles. The molecule has 0 N–H and O–H groups in total. The van der Waals surface area contributed by atoms with Crippen LogP contribution in [0.4, 0.5) is 13.2 Å². The van der Waals surface area contributed by atoms with Gasteiger partial charge in [-0.3, -0.25) is 0 Å². The van der Waals surface area contributed by atoms with Crippen molar-refractivity contribution in [3.8, 4) is 5.82 Å². The molecule has 0 spiro atoms. The van der Waals surface area contributed by atoms with Crippen molar-refractivity contribution in [1.29, 1.82) is 0 Å². The first-order valence-corrected chi connectivity index (χ1v) is 3.97. The van der Waals surface area contributed by atoms with Crippen LogP contribution in [0.15, 0.2) is 30.7 Å². The van der Waals surface area contributed by atoms with Crippen molar-refractivity contribution in [1.82, 2.24) is 20.0 Å². The summed E-state index contributed by atoms with van der Waals surface area (Å²) in [5.41, 5.74) is -0.793. The predicted molar refractivity (Wildman–Crippen MR) is 44.2 cm³/mol. The average molecular weight is 214 g/mol. The van der Waals surface area contributed by atoms with Gasteiger partial charge >= 0.3 is 6.18 Å². The summed E-state index contributed by atoms with van der Waals surface area (Å²) in [6, 6.07) is 2.15. The molecule has 0 amide bonds. The fourth-order valence-corrected chi connectivity index (χ4v) is 1.01. The van der Waals surface area contributed by atoms with E-state index in [-0.39, 0.29) is 5.82 Å². The van der Waals surface area contributed by atoms with Crippen molar-refractivity contribution in [2.24, 2.45) is 0 Å². The Morgan fingerprint density at radius 3 is 2.20 bits per heavy atom. The number of halogens is 3. The summed E-state index contributed by atoms with van der Waals surface area (Å²) < 4.78 is 36.6. The monoisotopic (exact) mass is 214 g/mol. The van der Waals surface area contributed by atoms with Crippen LogP contribution in [0.5, 0.6) is 0 Å². The molecule has 2 rings (SSSR count). The van der Waals surface area contributed by atoms with Gasteiger partial charge in [0.25, 0.3) is 0 Å². The van der Waals surface area contributed by atoms with Crippen LogP contribution >= 0.6 is 0 Å². The van der Waals surface area contributed by atoms with Crippen molar-refractivity contribution in [2.75, 3.05) is 0 Å². The molecule has 78 valence electrons. The maximum absolute atomic E-state index is 12.2. The van der Waals surface area contributed by atoms with Crippen molar-refractivity contribution >= 4 is 0 Å². The average Bonchev–Trinajstić information content (AvgIpc) is 2.69. The Kier molecular flexibility index (Phi) is 2.14. The minimum atomic E-state index is -4.37. The van der Waals surface area contributed by atoms with Crippen LogP contribution in [0.1, 0.15) is 5.56 Å². The molecule has 2 aromatic heterocycles. The Bertz CT molecular complexity index is 432. The van der Waals surface area contributed by atoms with E-state index < -0.39 is 11.7 Å². The minimum absolute atomic E-state index is 0.244. The first-order chi connectivity index (χ1) is 7.07. The highest BCUT2D eigenvalue weighted by molar-refractivity contribution is 5.24. The molecule has 0 aliphatic heterocycles. The van der Waals surface area contributed by atoms with Crippen molar-refractivity contribution in [2.45, 2.75) is 6.18 Å². The maximum Gasteiger partial charge on any atom is 0.417 e. The summed E-state index contributed by atoms with van der Waals surface area (Å²) in [6.07, 6.45) is -0.791. The van der Waals surface area contributed by atoms with E-state index in [9.17, 15) is 13.2 Å². The van der Waals surface area contributed by atoms with E-state index in [1.165, 1.54) is 18.5 Å². The Hall–Kier alpha value is -1.92. The summed E-state index contributed by atoms with van der Waals surface area (Å²) in [4.78, 5) is 4.74. The third-order valence-corrected chi connectivity index (χ3v) is 1.70. The fraction of sp³-hybridized carbons (Fsp3) is 0.125. The SMILES string of the molecule is FC(F)(F)c1ccc(-n2nccn2)nc1. The van der Waals surface area contributed by atoms with E-state index in [4.69, 9.17) is 0 Å². The molecule has 4 nitrogen and oxygen atoms in total. The van der Waals surface area contributed by atoms with Crippen molar-refractivity contribution in [3.05, 3.63) is 36.3 Å². The lowest BCUT2D eigenvalue weighted by Crippen LogP contribution is -2.07. The highest BCUT2D eigenvalue weighted by Gasteiger charge is 2.30. The Labute approximate surface area is 82.4 Å². The molecule has 0 atom stereocenters. The molecule has 0 aliphatic carbocycles. The summed E-state index contributed by atoms with van der Waals surface area (Å²) in [5, 5.41) is 7.48. The molecular formula is C8H5F3N4. The molecule has 2 aromatic rings. The number of rotatable bonds is 1. The molecule has 0 aromatic carbocycles. The van der Waals surface area contributed by atoms with Crippen LogP contribution in [-0.4, -0.2) is 20.0 Å². The van der Waals surface area contributed by atoms with Crippen molar-refractivity contribution < 1.29 is 13.2 Å². The largest absolute Gasteiger partial charge is 0.417 e. The second-order valence-electron chi connectivity index (χ2n) is 2.72. The zero-order valence-corrected chi connectivity index (χ0v) is 7.31. The second kappa shape index (κ2) is 3.34. The lowest BCUT2D eigenvalue weighted by molar-refractivity contribution is -0.137. The molecule has 0 saturated heterocycles. The zero-order valence-electron chi connectivity index (χ0n) is 7.31. The van der Waals surface area contributed by atoms with Gasteiger partial charge in [-0.05, 0) is 12.1 Å². The first kappa shape index (κ1) is 9.63. The van der Waals surface area contributed by atoms with Gasteiger partial charge in [-0.25, -0.2) is 4.98 Å². The normalized spacial score (nSPS) is 11.7. The summed E-state index contributed by atoms with van der Waals surface area (Å²) in [6.45, 7) is 0. The van der Waals surface area contributed by atoms with Gasteiger partial charge in [-0.2, -0.15) is 23.4 Å². The quantitative estimate of drug-likeness (QED) is 0.725. The molecular weight excluding hydrogens is 209 g/mol. The summed E-state index contributed by atoms with van der Waals surface area (Å²) in [7, 11) is 0. The zero-order chi connectivity index (χ0) is 10.9. The van der Waals surface area contributed by atoms with Crippen LogP contribution in [0.25, 0.3) is 5.82 Å². The van der Waals surface area contributed by atoms with E-state index in [0.717, 1.165) is 17.1 Å². The molecule has 0 unspecified atom stereocenters. The Morgan fingerprint density at radius 1 is 1.07 bits per heavy atom. The van der Waals surface area contributed by atoms with Crippen LogP contribution in [-0.2, 0) is 6.18 Å². The summed E-state index contributed by atoms with van der Waals surface area (Å²) >= 11 is 0. The molecule has 15 heavy (non-hydrogen) atoms. The lowest BCUT2D eigenvalue weighted by atomic mass is 10.3. The number of hydrogen-bond acceptors (Lipinski definition) is 3. The van der Waals surface area contributed by atoms with Gasteiger partial charge in [0.15, 0.2) is 5.82 Å². The minimum Gasteiger partial charge on any atom is -0.235 e. The third-order valence-electron chi connectivity index (χ3n) is 1.70. The van der Waals surface area contributed by atoms with Crippen LogP contribution < -0.4 is 0 Å². The third kappa shape index (κ3) is 1.95. The van der Waals surface area contributed by atoms with Gasteiger partial charge in [0.1, 0.15) is 0 Å². The molecule has 2 heterocycles. The van der Waals surface area contributed by atoms with Gasteiger partial charge in [0.2, 0.25) is 0 Å². The Balaban J connectivity index is 2.33. The van der Waals surface area contributed by atoms with Gasteiger partial charge in [0.05, 0.1) is 18.0 Å². The molecule has 7 heteroatoms. The number of aromatic nitrogens is 4. The number of alkyl halides is 3. The number of pyridine rings is 1. The standard InChI is InChI=1S/C8H5F3N4/c9-8(10,11)6-1-2-7(12-5-6)15-13-3-4-14-15/h1-5H. The van der Waals surface area contributed by atoms with E-state index in [1.54, 1.807) is 0 Å². The van der Waals surface area contributed by atoms with Crippen LogP contribution in [0.3, 0.4) is 0 Å². The van der Waals surface area contributed by atoms with Crippen LogP contribution in [0.2, 0.25) is 0 Å². The lowest BCUT2D eigenvalue weighted by Gasteiger charge is -2.05. The topological polar surface area (TPSA) is 43.6 Å². The van der Waals surface area contributed by atoms with E-state index >= 15 is 0 Å². The van der Waals surface area contributed by atoms with Crippen molar-refractivity contribution in [3.63, 3.8) is 0 Å². The van der Waals surface area contributed by atoms with Gasteiger partial charge in [-0.15, -0.1) is 4.80 Å². The van der Waals surface area contributed by atoms with E-state index in [1.807, 2.05) is 0 Å². The van der Waals surface area contributed by atoms with Gasteiger partial charge in [0, 0.05) is 6.20 Å². The first-order valence-electron chi connectivity index (χ1n) is 3.97. The Morgan fingerprint density at radius 2 is 1.73 bits per heavy atom. The predicted octanol–water partition coefficient (Wildman–Crippen LogP) is 1.68. The summed E-state index contributed by atoms with van der Waals surface area (Å²) in [5.74, 6) is 0.244. The van der Waals surface area contributed by atoms with Crippen LogP contribution in [0, 0.1) is 0 Å². The number of nitrogens with zero attached hydrogens (tertiary/aromatic N) is 4. The van der Waals surface area contributed by atoms with Gasteiger partial charge < -0.3 is 0 Å². The molecule has 0 aliphatic rings. The smallest absolute Gasteiger partial charge is 0.235 e. The molecule has 0 fully saturated rings. The number of hydrogen-bond donors (Lipinski definition) is 0. The highest BCUT2D eigenvalue weighted by atomic mass is 19.4. The second-order valence-corrected chi connectivity index (χ2v) is 2.72. The van der Waals surface area contributed by atoms with Gasteiger partial charge in [-0.1, -0.05) is 0 Å². The van der Waals surface area contributed by atoms with E-state index in [2.05, 4.69) is 15.2 Å². The maximum atomic E-state index is 12.2. The fourth-order valence-electron chi connectivity index (χ4n) is 1.01. The molecule has 0 bridgehead atoms. The molecule has 0 radical (unpaired) electrons. The van der Waals surface area contributed by atoms with E-state index in [0.29, 0.717) is 0 Å². The highest BCUT2D eigenvalue weighted by Crippen LogP contribution is 2.28.